The Morgan fingerprint density at radius 3 is 2.23 bits per heavy atom. The van der Waals surface area contributed by atoms with Crippen molar-refractivity contribution < 1.29 is 58.3 Å². The van der Waals surface area contributed by atoms with Crippen LogP contribution in [0.15, 0.2) is 87.5 Å². The van der Waals surface area contributed by atoms with E-state index in [2.05, 4.69) is 20.8 Å². The van der Waals surface area contributed by atoms with Gasteiger partial charge in [-0.05, 0) is 44.8 Å². The number of fused-ring (bicyclic) bond motifs is 2. The van der Waals surface area contributed by atoms with Gasteiger partial charge in [-0.3, -0.25) is 29.0 Å². The van der Waals surface area contributed by atoms with Gasteiger partial charge in [0.05, 0.1) is 11.7 Å². The Morgan fingerprint density at radius 1 is 1.02 bits per heavy atom. The van der Waals surface area contributed by atoms with Gasteiger partial charge < -0.3 is 47.1 Å². The van der Waals surface area contributed by atoms with Gasteiger partial charge in [0.1, 0.15) is 40.3 Å². The molecule has 0 bridgehead atoms. The number of aliphatic carboxylic acids is 3. The van der Waals surface area contributed by atoms with Crippen molar-refractivity contribution in [3.63, 3.8) is 0 Å². The van der Waals surface area contributed by atoms with Crippen molar-refractivity contribution in [3.8, 4) is 0 Å². The van der Waals surface area contributed by atoms with Gasteiger partial charge >= 0.3 is 11.9 Å². The number of allylic oxidation sites excluding steroid dienone is 3. The van der Waals surface area contributed by atoms with Crippen LogP contribution in [-0.2, 0) is 44.9 Å². The molecule has 0 spiro atoms. The Labute approximate surface area is 360 Å². The molecule has 4 amide bonds. The fourth-order valence-electron chi connectivity index (χ4n) is 6.62. The molecule has 2 fully saturated rings. The largest absolute Gasteiger partial charge is 0.543 e. The van der Waals surface area contributed by atoms with Crippen LogP contribution in [0.2, 0.25) is 0 Å². The molecule has 20 nitrogen and oxygen atoms in total. The van der Waals surface area contributed by atoms with Crippen LogP contribution in [0.4, 0.5) is 5.13 Å². The number of carboxylic acids is 3. The van der Waals surface area contributed by atoms with E-state index < -0.39 is 70.6 Å². The molecule has 23 heteroatoms. The van der Waals surface area contributed by atoms with Gasteiger partial charge in [-0.25, -0.2) is 19.1 Å². The summed E-state index contributed by atoms with van der Waals surface area (Å²) in [4.78, 5) is 96.9. The summed E-state index contributed by atoms with van der Waals surface area (Å²) >= 11 is 3.77. The SMILES string of the molecule is CC(C)(O/N=C(\C(=O)N[C@@H]1C(=O)N2C(C(=O)[O-])=C(C[n+]3ccccc3)CS[C@H]12)c1csc(N)n1)C(=O)O.CC1=C(C(=O)O)N2C(=O)[C@@H](NC(=O)[C@H](N)C3=CCC=CC3)[C@H]2SC1. The van der Waals surface area contributed by atoms with E-state index in [1.165, 1.54) is 47.7 Å². The standard InChI is InChI=1S/C22H22N6O7S2.C16H19N3O4S/c1-22(2,20(33)34)35-26-13(12-10-37-21(23)24-12)16(29)25-14-17(30)28-15(19(31)32)11(9-36-18(14)28)8-27-6-4-3-5-7-27;1-8-7-24-15-11(14(21)19(15)12(8)16(22)23)18-13(20)10(17)9-5-3-2-4-6-9/h3-7,10,14,18H,8-9H2,1-2H3,(H4-,23,24,25,29,31,32,33,34);2-3,6,10-11,15H,4-5,7,17H2,1H3,(H,18,20)(H,22,23)/b26-13-;/t14-,18-;10-,11-,15-/m11/s1. The van der Waals surface area contributed by atoms with Crippen LogP contribution in [0, 0.1) is 0 Å². The molecule has 6 heterocycles. The Hall–Kier alpha value is -6.04. The molecule has 1 aliphatic carbocycles. The maximum Gasteiger partial charge on any atom is 0.352 e. The molecule has 0 saturated carbocycles. The van der Waals surface area contributed by atoms with E-state index in [1.807, 2.05) is 24.3 Å². The van der Waals surface area contributed by atoms with Gasteiger partial charge in [0.25, 0.3) is 17.7 Å². The van der Waals surface area contributed by atoms with Crippen molar-refractivity contribution in [2.75, 3.05) is 17.2 Å². The van der Waals surface area contributed by atoms with E-state index >= 15 is 0 Å². The number of carbonyl (C=O) groups excluding carboxylic acids is 5. The number of aromatic nitrogens is 2. The summed E-state index contributed by atoms with van der Waals surface area (Å²) < 4.78 is 1.78. The van der Waals surface area contributed by atoms with Gasteiger partial charge in [0, 0.05) is 34.6 Å². The summed E-state index contributed by atoms with van der Waals surface area (Å²) in [5.41, 5.74) is 11.3. The van der Waals surface area contributed by atoms with Gasteiger partial charge in [-0.2, -0.15) is 0 Å². The van der Waals surface area contributed by atoms with Crippen LogP contribution in [0.25, 0.3) is 0 Å². The number of β-lactam (4-membered cyclic amide) rings is 2. The highest BCUT2D eigenvalue weighted by molar-refractivity contribution is 8.00. The maximum absolute atomic E-state index is 13.1. The number of anilines is 1. The Morgan fingerprint density at radius 2 is 1.66 bits per heavy atom. The number of oxime groups is 1. The van der Waals surface area contributed by atoms with Gasteiger partial charge in [-0.1, -0.05) is 29.5 Å². The topological polar surface area (TPSA) is 304 Å². The number of nitrogens with two attached hydrogens (primary N) is 2. The first-order valence-corrected chi connectivity index (χ1v) is 21.5. The second kappa shape index (κ2) is 18.3. The lowest BCUT2D eigenvalue weighted by Crippen LogP contribution is -2.71. The smallest absolute Gasteiger partial charge is 0.352 e. The van der Waals surface area contributed by atoms with Crippen LogP contribution in [0.5, 0.6) is 0 Å². The number of amides is 4. The van der Waals surface area contributed by atoms with E-state index in [0.717, 1.165) is 28.2 Å². The maximum atomic E-state index is 13.1. The molecule has 8 N–H and O–H groups in total. The highest BCUT2D eigenvalue weighted by Crippen LogP contribution is 2.41. The number of hydrogen-bond acceptors (Lipinski definition) is 16. The van der Waals surface area contributed by atoms with Crippen molar-refractivity contribution in [2.45, 2.75) is 74.6 Å². The minimum atomic E-state index is -1.75. The molecule has 7 rings (SSSR count). The second-order valence-corrected chi connectivity index (χ2v) is 17.7. The van der Waals surface area contributed by atoms with Crippen molar-refractivity contribution in [3.05, 3.63) is 88.0 Å². The molecule has 61 heavy (non-hydrogen) atoms. The summed E-state index contributed by atoms with van der Waals surface area (Å²) in [6, 6.07) is 2.85. The molecule has 2 aromatic heterocycles. The molecule has 4 aliphatic heterocycles. The average molecular weight is 896 g/mol. The van der Waals surface area contributed by atoms with Crippen LogP contribution < -0.4 is 31.8 Å². The number of thiazole rings is 1. The first kappa shape index (κ1) is 44.5. The Bertz CT molecular complexity index is 2330. The van der Waals surface area contributed by atoms with Gasteiger partial charge in [0.15, 0.2) is 29.8 Å². The zero-order chi connectivity index (χ0) is 44.3. The summed E-state index contributed by atoms with van der Waals surface area (Å²) in [6.45, 7) is 4.44. The van der Waals surface area contributed by atoms with Crippen molar-refractivity contribution >= 4 is 87.2 Å². The van der Waals surface area contributed by atoms with E-state index in [-0.39, 0.29) is 39.8 Å². The van der Waals surface area contributed by atoms with Crippen molar-refractivity contribution in [1.82, 2.24) is 25.4 Å². The highest BCUT2D eigenvalue weighted by atomic mass is 32.2. The van der Waals surface area contributed by atoms with E-state index in [4.69, 9.17) is 16.3 Å². The van der Waals surface area contributed by atoms with Crippen LogP contribution >= 0.6 is 34.9 Å². The second-order valence-electron chi connectivity index (χ2n) is 14.6. The molecule has 5 atom stereocenters. The van der Waals surface area contributed by atoms with Crippen LogP contribution in [0.1, 0.15) is 39.3 Å². The molecule has 0 unspecified atom stereocenters. The van der Waals surface area contributed by atoms with Crippen LogP contribution in [0.3, 0.4) is 0 Å². The monoisotopic (exact) mass is 895 g/mol. The number of rotatable bonds is 13. The molecular weight excluding hydrogens is 855 g/mol. The number of thioether (sulfide) groups is 2. The summed E-state index contributed by atoms with van der Waals surface area (Å²) in [5, 5.41) is 40.0. The molecule has 322 valence electrons. The van der Waals surface area contributed by atoms with Crippen LogP contribution in [-0.4, -0.2) is 118 Å². The number of carboxylic acid groups (broad SMARTS) is 3. The lowest BCUT2D eigenvalue weighted by atomic mass is 9.97. The number of nitrogens with zero attached hydrogens (tertiary/aromatic N) is 5. The summed E-state index contributed by atoms with van der Waals surface area (Å²) in [5.74, 6) is -5.41. The third-order valence-electron chi connectivity index (χ3n) is 9.92. The van der Waals surface area contributed by atoms with E-state index in [1.54, 1.807) is 36.0 Å². The van der Waals surface area contributed by atoms with Gasteiger partial charge in [0.2, 0.25) is 11.5 Å². The predicted molar refractivity (Wildman–Crippen MR) is 219 cm³/mol. The third kappa shape index (κ3) is 9.33. The molecular formula is C38H41N9O11S3. The normalized spacial score (nSPS) is 22.6. The fourth-order valence-corrected chi connectivity index (χ4v) is 9.80. The predicted octanol–water partition coefficient (Wildman–Crippen LogP) is -0.951. The zero-order valence-electron chi connectivity index (χ0n) is 32.8. The number of pyridine rings is 1. The number of nitrogens with one attached hydrogen (secondary N) is 2. The minimum Gasteiger partial charge on any atom is -0.543 e. The highest BCUT2D eigenvalue weighted by Gasteiger charge is 2.55. The number of nitrogen functional groups attached to an aromatic ring is 1. The lowest BCUT2D eigenvalue weighted by Gasteiger charge is -2.50. The minimum absolute atomic E-state index is 0.0265. The Balaban J connectivity index is 0.000000223. The number of carbonyl (C=O) groups is 7. The fraction of sp³-hybridized carbons (Fsp3) is 0.368. The summed E-state index contributed by atoms with van der Waals surface area (Å²) in [6.07, 6.45) is 10.8. The quantitative estimate of drug-likeness (QED) is 0.0464. The molecule has 0 aromatic carbocycles. The third-order valence-corrected chi connectivity index (χ3v) is 13.4. The zero-order valence-corrected chi connectivity index (χ0v) is 35.3. The number of hydrogen-bond donors (Lipinski definition) is 6. The van der Waals surface area contributed by atoms with E-state index in [0.29, 0.717) is 29.1 Å². The molecule has 0 radical (unpaired) electrons. The molecule has 2 saturated heterocycles. The van der Waals surface area contributed by atoms with Gasteiger partial charge in [-0.15, -0.1) is 34.9 Å². The first-order valence-electron chi connectivity index (χ1n) is 18.5. The average Bonchev–Trinajstić information content (AvgIpc) is 3.67. The molecule has 2 aromatic rings. The Kier molecular flexibility index (Phi) is 13.3. The summed E-state index contributed by atoms with van der Waals surface area (Å²) in [7, 11) is 0. The first-order chi connectivity index (χ1) is 28.9. The molecule has 5 aliphatic rings. The lowest BCUT2D eigenvalue weighted by molar-refractivity contribution is -0.689. The van der Waals surface area contributed by atoms with E-state index in [9.17, 15) is 48.9 Å². The van der Waals surface area contributed by atoms with Crippen molar-refractivity contribution in [2.24, 2.45) is 10.9 Å². The van der Waals surface area contributed by atoms with Crippen molar-refractivity contribution in [1.29, 1.82) is 0 Å².